The Bertz CT molecular complexity index is 1660. The zero-order valence-electron chi connectivity index (χ0n) is 25.7. The Hall–Kier alpha value is -4.19. The number of ether oxygens (including phenoxy) is 1. The van der Waals surface area contributed by atoms with Crippen molar-refractivity contribution in [2.24, 2.45) is 5.92 Å². The summed E-state index contributed by atoms with van der Waals surface area (Å²) in [5.41, 5.74) is 2.88. The Kier molecular flexibility index (Phi) is 8.42. The number of nitrogens with zero attached hydrogens (tertiary/aromatic N) is 5. The third-order valence-corrected chi connectivity index (χ3v) is 11.6. The van der Waals surface area contributed by atoms with Gasteiger partial charge in [0.05, 0.1) is 24.0 Å². The summed E-state index contributed by atoms with van der Waals surface area (Å²) in [7, 11) is -3.29. The minimum absolute atomic E-state index is 0.0127. The summed E-state index contributed by atoms with van der Waals surface area (Å²) in [6.45, 7) is 6.10. The second-order valence-corrected chi connectivity index (χ2v) is 16.2. The van der Waals surface area contributed by atoms with Crippen LogP contribution in [0.3, 0.4) is 0 Å². The maximum Gasteiger partial charge on any atom is 0.264 e. The number of fused-ring (bicyclic) bond motifs is 2. The van der Waals surface area contributed by atoms with Gasteiger partial charge in [0.1, 0.15) is 0 Å². The number of halogens is 1. The van der Waals surface area contributed by atoms with E-state index in [1.807, 2.05) is 85.8 Å². The highest BCUT2D eigenvalue weighted by Gasteiger charge is 2.66. The van der Waals surface area contributed by atoms with Gasteiger partial charge in [-0.1, -0.05) is 60.7 Å². The molecule has 1 saturated heterocycles. The lowest BCUT2D eigenvalue weighted by molar-refractivity contribution is -0.146. The number of hydrogen-bond donors (Lipinski definition) is 1. The van der Waals surface area contributed by atoms with Crippen molar-refractivity contribution >= 4 is 37.8 Å². The molecule has 4 atom stereocenters. The lowest BCUT2D eigenvalue weighted by Gasteiger charge is -2.31. The highest BCUT2D eigenvalue weighted by Crippen LogP contribution is 2.60. The molecule has 1 spiro atoms. The second-order valence-electron chi connectivity index (χ2n) is 12.4. The molecule has 2 amide bonds. The van der Waals surface area contributed by atoms with Gasteiger partial charge in [0.2, 0.25) is 14.8 Å². The van der Waals surface area contributed by atoms with Gasteiger partial charge in [-0.05, 0) is 55.4 Å². The maximum atomic E-state index is 16.1. The van der Waals surface area contributed by atoms with Crippen LogP contribution < -0.4 is 9.80 Å². The molecule has 1 fully saturated rings. The molecule has 2 aliphatic rings. The van der Waals surface area contributed by atoms with Crippen molar-refractivity contribution in [1.29, 1.82) is 0 Å². The number of carbonyl (C=O) groups excluding carboxylic acids is 2. The van der Waals surface area contributed by atoms with E-state index in [-0.39, 0.29) is 18.4 Å². The van der Waals surface area contributed by atoms with Gasteiger partial charge in [-0.3, -0.25) is 19.2 Å². The Morgan fingerprint density at radius 3 is 2.42 bits per heavy atom. The fourth-order valence-electron chi connectivity index (χ4n) is 7.17. The molecule has 6 rings (SSSR count). The summed E-state index contributed by atoms with van der Waals surface area (Å²) in [6, 6.07) is 24.6. The first-order valence-electron chi connectivity index (χ1n) is 15.3. The number of anilines is 3. The van der Waals surface area contributed by atoms with E-state index >= 15 is 4.11 Å². The molecule has 11 heteroatoms. The first kappa shape index (κ1) is 30.8. The Morgan fingerprint density at radius 2 is 1.73 bits per heavy atom. The number of aryl methyl sites for hydroxylation is 1. The molecule has 0 unspecified atom stereocenters. The van der Waals surface area contributed by atoms with Crippen LogP contribution in [0.15, 0.2) is 85.1 Å². The van der Waals surface area contributed by atoms with Crippen LogP contribution in [0.4, 0.5) is 21.2 Å². The molecule has 1 N–H and O–H groups in total. The number of aromatic nitrogens is 3. The van der Waals surface area contributed by atoms with Gasteiger partial charge in [0.15, 0.2) is 5.60 Å². The number of aliphatic hydroxyl groups is 1. The largest absolute Gasteiger partial charge is 0.396 e. The minimum Gasteiger partial charge on any atom is -0.396 e. The number of carbonyl (C=O) groups is 2. The normalized spacial score (nSPS) is 22.6. The van der Waals surface area contributed by atoms with Crippen LogP contribution in [0.1, 0.15) is 30.2 Å². The summed E-state index contributed by atoms with van der Waals surface area (Å²) >= 11 is 0. The van der Waals surface area contributed by atoms with E-state index < -0.39 is 25.7 Å². The van der Waals surface area contributed by atoms with Crippen LogP contribution in [-0.2, 0) is 39.4 Å². The van der Waals surface area contributed by atoms with Crippen molar-refractivity contribution in [3.05, 3.63) is 102 Å². The van der Waals surface area contributed by atoms with Crippen LogP contribution >= 0.6 is 0 Å². The van der Waals surface area contributed by atoms with Gasteiger partial charge in [-0.25, -0.2) is 0 Å². The molecular formula is C34H38FN5O4Si. The highest BCUT2D eigenvalue weighted by atomic mass is 28.4. The summed E-state index contributed by atoms with van der Waals surface area (Å²) in [5, 5.41) is 17.5. The molecule has 3 heterocycles. The molecule has 4 aromatic rings. The summed E-state index contributed by atoms with van der Waals surface area (Å²) < 4.78 is 24.6. The predicted octanol–water partition coefficient (Wildman–Crippen LogP) is 5.52. The fraction of sp³-hybridized carbons (Fsp3) is 0.353. The van der Waals surface area contributed by atoms with Gasteiger partial charge >= 0.3 is 0 Å². The Balaban J connectivity index is 1.27. The predicted molar refractivity (Wildman–Crippen MR) is 172 cm³/mol. The SMILES string of the molecule is C[C@@H]1[C@@H]([Si](C)(C)F)[C@H](CCn2cc(CCO)nn2)O[C@@]12C(=O)N(Cc1ccc(N(C=O)c3ccccc3)cc1)c1ccccc12. The third kappa shape index (κ3) is 5.60. The van der Waals surface area contributed by atoms with E-state index in [2.05, 4.69) is 10.3 Å². The minimum atomic E-state index is -3.29. The number of aliphatic hydroxyl groups excluding tert-OH is 1. The number of para-hydroxylation sites is 2. The van der Waals surface area contributed by atoms with Gasteiger partial charge < -0.3 is 18.9 Å². The van der Waals surface area contributed by atoms with E-state index in [4.69, 9.17) is 4.74 Å². The van der Waals surface area contributed by atoms with Crippen LogP contribution in [-0.4, -0.2) is 53.5 Å². The van der Waals surface area contributed by atoms with Crippen molar-refractivity contribution in [3.63, 3.8) is 0 Å². The zero-order valence-corrected chi connectivity index (χ0v) is 26.7. The molecule has 0 radical (unpaired) electrons. The summed E-state index contributed by atoms with van der Waals surface area (Å²) in [4.78, 5) is 29.8. The Morgan fingerprint density at radius 1 is 1.04 bits per heavy atom. The van der Waals surface area contributed by atoms with Gasteiger partial charge in [-0.15, -0.1) is 5.10 Å². The molecule has 3 aromatic carbocycles. The smallest absolute Gasteiger partial charge is 0.264 e. The van der Waals surface area contributed by atoms with Crippen molar-refractivity contribution in [3.8, 4) is 0 Å². The third-order valence-electron chi connectivity index (χ3n) is 9.16. The number of rotatable bonds is 11. The first-order valence-corrected chi connectivity index (χ1v) is 18.3. The van der Waals surface area contributed by atoms with E-state index in [0.717, 1.165) is 28.9 Å². The topological polar surface area (TPSA) is 101 Å². The lowest BCUT2D eigenvalue weighted by atomic mass is 9.82. The van der Waals surface area contributed by atoms with Gasteiger partial charge in [0, 0.05) is 54.2 Å². The first-order chi connectivity index (χ1) is 21.7. The fourth-order valence-corrected chi connectivity index (χ4v) is 9.71. The molecule has 0 aliphatic carbocycles. The quantitative estimate of drug-likeness (QED) is 0.134. The average molecular weight is 628 g/mol. The second kappa shape index (κ2) is 12.3. The van der Waals surface area contributed by atoms with Crippen molar-refractivity contribution in [2.45, 2.75) is 63.2 Å². The Labute approximate surface area is 263 Å². The molecule has 234 valence electrons. The number of benzene rings is 3. The molecule has 0 saturated carbocycles. The molecule has 2 aliphatic heterocycles. The zero-order chi connectivity index (χ0) is 31.8. The lowest BCUT2D eigenvalue weighted by Crippen LogP contribution is -2.45. The number of amides is 2. The molecule has 9 nitrogen and oxygen atoms in total. The van der Waals surface area contributed by atoms with E-state index in [9.17, 15) is 14.7 Å². The summed E-state index contributed by atoms with van der Waals surface area (Å²) in [5.74, 6) is -0.571. The van der Waals surface area contributed by atoms with Gasteiger partial charge in [-0.2, -0.15) is 0 Å². The van der Waals surface area contributed by atoms with Crippen molar-refractivity contribution in [1.82, 2.24) is 15.0 Å². The van der Waals surface area contributed by atoms with E-state index in [1.165, 1.54) is 0 Å². The molecular weight excluding hydrogens is 589 g/mol. The van der Waals surface area contributed by atoms with Crippen LogP contribution in [0, 0.1) is 5.92 Å². The van der Waals surface area contributed by atoms with Gasteiger partial charge in [0.25, 0.3) is 5.91 Å². The van der Waals surface area contributed by atoms with Crippen LogP contribution in [0.5, 0.6) is 0 Å². The van der Waals surface area contributed by atoms with E-state index in [0.29, 0.717) is 37.3 Å². The average Bonchev–Trinajstić information content (AvgIpc) is 3.68. The van der Waals surface area contributed by atoms with Crippen molar-refractivity contribution in [2.75, 3.05) is 16.4 Å². The molecule has 1 aromatic heterocycles. The van der Waals surface area contributed by atoms with Crippen LogP contribution in [0.2, 0.25) is 18.6 Å². The standard InChI is InChI=1S/C34H38FN5O4Si/c1-24-32(45(2,3)35)31(17-19-38-22-26(18-20-41)36-37-38)44-34(24)29-11-7-8-12-30(29)39(33(34)43)21-25-13-15-28(16-14-25)40(23-42)27-9-5-4-6-10-27/h4-16,22-24,31-32,41H,17-21H2,1-3H3/t24-,31+,32-,34+/m1/s1. The molecule has 45 heavy (non-hydrogen) atoms. The summed E-state index contributed by atoms with van der Waals surface area (Å²) in [6.07, 6.45) is 2.98. The van der Waals surface area contributed by atoms with Crippen LogP contribution in [0.25, 0.3) is 0 Å². The highest BCUT2D eigenvalue weighted by molar-refractivity contribution is 6.72. The maximum absolute atomic E-state index is 16.1. The monoisotopic (exact) mass is 627 g/mol. The van der Waals surface area contributed by atoms with E-state index in [1.54, 1.807) is 33.8 Å². The van der Waals surface area contributed by atoms with Crippen molar-refractivity contribution < 1.29 is 23.5 Å². The number of hydrogen-bond acceptors (Lipinski definition) is 6. The molecule has 0 bridgehead atoms.